The predicted molar refractivity (Wildman–Crippen MR) is 86.5 cm³/mol. The van der Waals surface area contributed by atoms with E-state index in [-0.39, 0.29) is 18.7 Å². The van der Waals surface area contributed by atoms with Gasteiger partial charge < -0.3 is 15.7 Å². The summed E-state index contributed by atoms with van der Waals surface area (Å²) >= 11 is 1.70. The Morgan fingerprint density at radius 3 is 2.52 bits per heavy atom. The maximum atomic E-state index is 12.1. The van der Waals surface area contributed by atoms with E-state index in [0.29, 0.717) is 5.92 Å². The number of benzene rings is 1. The second-order valence-electron chi connectivity index (χ2n) is 5.94. The molecule has 0 unspecified atom stereocenters. The Morgan fingerprint density at radius 2 is 2.05 bits per heavy atom. The minimum Gasteiger partial charge on any atom is -0.394 e. The van der Waals surface area contributed by atoms with Crippen LogP contribution < -0.4 is 10.6 Å². The fourth-order valence-electron chi connectivity index (χ4n) is 2.46. The average Bonchev–Trinajstić information content (AvgIpc) is 3.32. The lowest BCUT2D eigenvalue weighted by Crippen LogP contribution is -2.54. The molecule has 116 valence electrons. The minimum atomic E-state index is -0.507. The second-order valence-corrected chi connectivity index (χ2v) is 6.82. The molecule has 2 atom stereocenters. The van der Waals surface area contributed by atoms with Crippen LogP contribution in [0.1, 0.15) is 38.3 Å². The third kappa shape index (κ3) is 4.14. The largest absolute Gasteiger partial charge is 0.394 e. The van der Waals surface area contributed by atoms with Crippen LogP contribution in [0.15, 0.2) is 29.2 Å². The smallest absolute Gasteiger partial charge is 0.315 e. The number of aliphatic hydroxyl groups is 1. The highest BCUT2D eigenvalue weighted by atomic mass is 32.2. The molecule has 21 heavy (non-hydrogen) atoms. The summed E-state index contributed by atoms with van der Waals surface area (Å²) in [5, 5.41) is 15.4. The van der Waals surface area contributed by atoms with E-state index in [1.807, 2.05) is 32.2 Å². The number of carbonyl (C=O) groups is 1. The van der Waals surface area contributed by atoms with E-state index in [1.165, 1.54) is 4.90 Å². The van der Waals surface area contributed by atoms with Crippen LogP contribution in [0.5, 0.6) is 0 Å². The van der Waals surface area contributed by atoms with E-state index < -0.39 is 5.54 Å². The van der Waals surface area contributed by atoms with Gasteiger partial charge in [0.1, 0.15) is 0 Å². The Labute approximate surface area is 130 Å². The lowest BCUT2D eigenvalue weighted by Gasteiger charge is -2.29. The van der Waals surface area contributed by atoms with Gasteiger partial charge in [0, 0.05) is 4.90 Å². The molecule has 0 aliphatic heterocycles. The van der Waals surface area contributed by atoms with Crippen LogP contribution >= 0.6 is 11.8 Å². The maximum absolute atomic E-state index is 12.1. The van der Waals surface area contributed by atoms with Crippen LogP contribution in [0.3, 0.4) is 0 Å². The van der Waals surface area contributed by atoms with Gasteiger partial charge in [-0.1, -0.05) is 12.1 Å². The number of urea groups is 1. The molecule has 0 saturated heterocycles. The van der Waals surface area contributed by atoms with Crippen molar-refractivity contribution in [3.8, 4) is 0 Å². The molecule has 4 nitrogen and oxygen atoms in total. The predicted octanol–water partition coefficient (Wildman–Crippen LogP) is 2.93. The lowest BCUT2D eigenvalue weighted by molar-refractivity contribution is 0.154. The molecule has 1 aliphatic rings. The van der Waals surface area contributed by atoms with Crippen LogP contribution in [-0.2, 0) is 0 Å². The summed E-state index contributed by atoms with van der Waals surface area (Å²) in [5.41, 5.74) is 0.562. The van der Waals surface area contributed by atoms with Gasteiger partial charge in [0.15, 0.2) is 0 Å². The highest BCUT2D eigenvalue weighted by Crippen LogP contribution is 2.39. The van der Waals surface area contributed by atoms with Gasteiger partial charge in [-0.25, -0.2) is 4.79 Å². The van der Waals surface area contributed by atoms with Crippen molar-refractivity contribution in [2.75, 3.05) is 12.9 Å². The average molecular weight is 308 g/mol. The first-order valence-electron chi connectivity index (χ1n) is 7.32. The van der Waals surface area contributed by atoms with Crippen LogP contribution in [0.25, 0.3) is 0 Å². The summed E-state index contributed by atoms with van der Waals surface area (Å²) in [6, 6.07) is 7.88. The van der Waals surface area contributed by atoms with E-state index in [0.717, 1.165) is 18.4 Å². The Morgan fingerprint density at radius 1 is 1.43 bits per heavy atom. The molecule has 5 heteroatoms. The minimum absolute atomic E-state index is 0.0259. The molecule has 0 heterocycles. The summed E-state index contributed by atoms with van der Waals surface area (Å²) in [6.07, 6.45) is 4.18. The van der Waals surface area contributed by atoms with Gasteiger partial charge in [-0.15, -0.1) is 11.8 Å². The molecule has 0 aromatic heterocycles. The number of carbonyl (C=O) groups excluding carboxylic acids is 1. The zero-order chi connectivity index (χ0) is 15.5. The first-order chi connectivity index (χ1) is 9.98. The third-order valence-electron chi connectivity index (χ3n) is 4.17. The number of hydrogen-bond donors (Lipinski definition) is 3. The molecule has 0 radical (unpaired) electrons. The van der Waals surface area contributed by atoms with Gasteiger partial charge in [-0.3, -0.25) is 0 Å². The van der Waals surface area contributed by atoms with Crippen LogP contribution in [0.2, 0.25) is 0 Å². The number of aliphatic hydroxyl groups excluding tert-OH is 1. The van der Waals surface area contributed by atoms with Crippen molar-refractivity contribution in [3.63, 3.8) is 0 Å². The Bertz CT molecular complexity index is 488. The number of nitrogens with one attached hydrogen (secondary N) is 2. The summed E-state index contributed by atoms with van der Waals surface area (Å²) in [7, 11) is 0. The summed E-state index contributed by atoms with van der Waals surface area (Å²) in [5.74, 6) is 0.393. The SMILES string of the molecule is CSc1ccc([C@H](C)NC(=O)N[C@](C)(CO)C2CC2)cc1. The summed E-state index contributed by atoms with van der Waals surface area (Å²) < 4.78 is 0. The Hall–Kier alpha value is -1.20. The van der Waals surface area contributed by atoms with Crippen molar-refractivity contribution in [3.05, 3.63) is 29.8 Å². The Kier molecular flexibility index (Phi) is 5.17. The second kappa shape index (κ2) is 6.71. The standard InChI is InChI=1S/C16H24N2O2S/c1-11(12-4-8-14(21-3)9-5-12)17-15(20)18-16(2,10-19)13-6-7-13/h4-5,8-9,11,13,19H,6-7,10H2,1-3H3,(H2,17,18,20)/t11-,16+/m0/s1. The molecule has 1 aromatic rings. The molecular formula is C16H24N2O2S. The van der Waals surface area contributed by atoms with E-state index in [4.69, 9.17) is 0 Å². The van der Waals surface area contributed by atoms with Crippen molar-refractivity contribution in [2.24, 2.45) is 5.92 Å². The molecule has 1 aromatic carbocycles. The van der Waals surface area contributed by atoms with Crippen molar-refractivity contribution in [2.45, 2.75) is 43.2 Å². The van der Waals surface area contributed by atoms with E-state index >= 15 is 0 Å². The normalized spacial score (nSPS) is 18.7. The molecule has 1 fully saturated rings. The zero-order valence-corrected chi connectivity index (χ0v) is 13.7. The van der Waals surface area contributed by atoms with Gasteiger partial charge in [0.05, 0.1) is 18.2 Å². The van der Waals surface area contributed by atoms with Crippen molar-refractivity contribution in [1.82, 2.24) is 10.6 Å². The van der Waals surface area contributed by atoms with Crippen molar-refractivity contribution < 1.29 is 9.90 Å². The summed E-state index contributed by atoms with van der Waals surface area (Å²) in [6.45, 7) is 3.84. The maximum Gasteiger partial charge on any atom is 0.315 e. The lowest BCUT2D eigenvalue weighted by atomic mass is 9.97. The molecule has 2 rings (SSSR count). The van der Waals surface area contributed by atoms with Gasteiger partial charge in [-0.05, 0) is 56.6 Å². The fraction of sp³-hybridized carbons (Fsp3) is 0.562. The molecule has 0 bridgehead atoms. The van der Waals surface area contributed by atoms with Crippen LogP contribution in [-0.4, -0.2) is 29.5 Å². The van der Waals surface area contributed by atoms with E-state index in [9.17, 15) is 9.90 Å². The third-order valence-corrected chi connectivity index (χ3v) is 4.91. The quantitative estimate of drug-likeness (QED) is 0.708. The van der Waals surface area contributed by atoms with E-state index in [1.54, 1.807) is 11.8 Å². The summed E-state index contributed by atoms with van der Waals surface area (Å²) in [4.78, 5) is 13.3. The number of amides is 2. The first kappa shape index (κ1) is 16.2. The van der Waals surface area contributed by atoms with Crippen LogP contribution in [0.4, 0.5) is 4.79 Å². The molecular weight excluding hydrogens is 284 g/mol. The van der Waals surface area contributed by atoms with Gasteiger partial charge in [-0.2, -0.15) is 0 Å². The number of rotatable bonds is 6. The van der Waals surface area contributed by atoms with E-state index in [2.05, 4.69) is 22.8 Å². The molecule has 1 saturated carbocycles. The zero-order valence-electron chi connectivity index (χ0n) is 12.8. The topological polar surface area (TPSA) is 61.4 Å². The van der Waals surface area contributed by atoms with Crippen molar-refractivity contribution in [1.29, 1.82) is 0 Å². The Balaban J connectivity index is 1.91. The highest BCUT2D eigenvalue weighted by Gasteiger charge is 2.42. The fourth-order valence-corrected chi connectivity index (χ4v) is 2.87. The first-order valence-corrected chi connectivity index (χ1v) is 8.54. The number of thioether (sulfide) groups is 1. The number of hydrogen-bond acceptors (Lipinski definition) is 3. The molecule has 0 spiro atoms. The van der Waals surface area contributed by atoms with Gasteiger partial charge in [0.25, 0.3) is 0 Å². The molecule has 2 amide bonds. The van der Waals surface area contributed by atoms with Gasteiger partial charge in [0.2, 0.25) is 0 Å². The monoisotopic (exact) mass is 308 g/mol. The van der Waals surface area contributed by atoms with Gasteiger partial charge >= 0.3 is 6.03 Å². The van der Waals surface area contributed by atoms with Crippen molar-refractivity contribution >= 4 is 17.8 Å². The highest BCUT2D eigenvalue weighted by molar-refractivity contribution is 7.98. The van der Waals surface area contributed by atoms with Crippen LogP contribution in [0, 0.1) is 5.92 Å². The molecule has 3 N–H and O–H groups in total. The molecule has 1 aliphatic carbocycles.